The van der Waals surface area contributed by atoms with Crippen LogP contribution in [-0.4, -0.2) is 41.6 Å². The van der Waals surface area contributed by atoms with Gasteiger partial charge in [0.05, 0.1) is 18.7 Å². The smallest absolute Gasteiger partial charge is 0.255 e. The van der Waals surface area contributed by atoms with Crippen LogP contribution in [0.25, 0.3) is 0 Å². The van der Waals surface area contributed by atoms with Crippen molar-refractivity contribution in [2.45, 2.75) is 6.10 Å². The largest absolute Gasteiger partial charge is 0.391 e. The van der Waals surface area contributed by atoms with Gasteiger partial charge >= 0.3 is 0 Å². The van der Waals surface area contributed by atoms with E-state index in [-0.39, 0.29) is 17.0 Å². The number of amides is 1. The van der Waals surface area contributed by atoms with E-state index in [0.717, 1.165) is 0 Å². The number of carbonyl (C=O) groups is 1. The van der Waals surface area contributed by atoms with Crippen LogP contribution in [0.2, 0.25) is 5.02 Å². The molecule has 2 rings (SSSR count). The molecule has 0 spiro atoms. The van der Waals surface area contributed by atoms with Crippen molar-refractivity contribution in [3.05, 3.63) is 33.3 Å². The maximum atomic E-state index is 12.4. The number of nitrogens with zero attached hydrogens (tertiary/aromatic N) is 1. The average Bonchev–Trinajstić information content (AvgIpc) is 2.41. The van der Waals surface area contributed by atoms with Crippen molar-refractivity contribution < 1.29 is 9.53 Å². The Morgan fingerprint density at radius 3 is 3.00 bits per heavy atom. The van der Waals surface area contributed by atoms with Crippen LogP contribution in [-0.2, 0) is 4.74 Å². The first-order valence-electron chi connectivity index (χ1n) is 5.64. The summed E-state index contributed by atoms with van der Waals surface area (Å²) in [5.41, 5.74) is 6.08. The number of hydrogen-bond acceptors (Lipinski definition) is 3. The normalized spacial score (nSPS) is 19.3. The number of halogens is 2. The van der Waals surface area contributed by atoms with Crippen molar-refractivity contribution in [3.8, 4) is 0 Å². The van der Waals surface area contributed by atoms with Crippen molar-refractivity contribution in [1.29, 1.82) is 0 Å². The third kappa shape index (κ3) is 3.45. The molecular formula is C12H12BrClN2O2S. The third-order valence-corrected chi connectivity index (χ3v) is 4.02. The molecule has 0 bridgehead atoms. The standard InChI is InChI=1S/C12H12BrClN2O2S/c13-9-2-1-7(14)5-8(9)12(17)16-3-4-18-10(6-16)11(15)19/h1-2,5,10H,3-4,6H2,(H2,15,19). The molecule has 1 aliphatic rings. The summed E-state index contributed by atoms with van der Waals surface area (Å²) in [5, 5.41) is 0.519. The molecule has 1 atom stereocenters. The first-order chi connectivity index (χ1) is 8.99. The molecule has 1 heterocycles. The maximum absolute atomic E-state index is 12.4. The Balaban J connectivity index is 2.19. The van der Waals surface area contributed by atoms with Crippen LogP contribution < -0.4 is 5.73 Å². The Morgan fingerprint density at radius 1 is 1.58 bits per heavy atom. The van der Waals surface area contributed by atoms with Gasteiger partial charge in [-0.2, -0.15) is 0 Å². The van der Waals surface area contributed by atoms with Gasteiger partial charge in [0, 0.05) is 16.0 Å². The van der Waals surface area contributed by atoms with E-state index in [1.165, 1.54) is 0 Å². The molecule has 1 aromatic carbocycles. The number of morpholine rings is 1. The molecule has 0 aliphatic carbocycles. The van der Waals surface area contributed by atoms with Crippen LogP contribution in [0.5, 0.6) is 0 Å². The lowest BCUT2D eigenvalue weighted by Gasteiger charge is -2.32. The predicted octanol–water partition coefficient (Wildman–Crippen LogP) is 2.23. The Morgan fingerprint density at radius 2 is 2.32 bits per heavy atom. The zero-order valence-corrected chi connectivity index (χ0v) is 13.1. The van der Waals surface area contributed by atoms with E-state index in [9.17, 15) is 4.79 Å². The van der Waals surface area contributed by atoms with Gasteiger partial charge in [-0.05, 0) is 34.1 Å². The third-order valence-electron chi connectivity index (χ3n) is 2.83. The summed E-state index contributed by atoms with van der Waals surface area (Å²) in [4.78, 5) is 14.4. The second-order valence-corrected chi connectivity index (χ2v) is 5.90. The first-order valence-corrected chi connectivity index (χ1v) is 7.22. The molecule has 1 aliphatic heterocycles. The zero-order chi connectivity index (χ0) is 14.0. The van der Waals surface area contributed by atoms with E-state index in [1.54, 1.807) is 23.1 Å². The SMILES string of the molecule is NC(=S)C1CN(C(=O)c2cc(Cl)ccc2Br)CCO1. The highest BCUT2D eigenvalue weighted by molar-refractivity contribution is 9.10. The summed E-state index contributed by atoms with van der Waals surface area (Å²) in [6, 6.07) is 5.11. The number of thiocarbonyl (C=S) groups is 1. The van der Waals surface area contributed by atoms with Crippen molar-refractivity contribution >= 4 is 50.6 Å². The highest BCUT2D eigenvalue weighted by atomic mass is 79.9. The Bertz CT molecular complexity index is 526. The molecule has 102 valence electrons. The van der Waals surface area contributed by atoms with E-state index in [2.05, 4.69) is 15.9 Å². The van der Waals surface area contributed by atoms with Gasteiger partial charge in [-0.15, -0.1) is 0 Å². The topological polar surface area (TPSA) is 55.6 Å². The summed E-state index contributed by atoms with van der Waals surface area (Å²) >= 11 is 14.2. The van der Waals surface area contributed by atoms with Crippen LogP contribution in [0.1, 0.15) is 10.4 Å². The maximum Gasteiger partial charge on any atom is 0.255 e. The van der Waals surface area contributed by atoms with E-state index in [4.69, 9.17) is 34.3 Å². The minimum Gasteiger partial charge on any atom is -0.391 e. The fourth-order valence-electron chi connectivity index (χ4n) is 1.84. The van der Waals surface area contributed by atoms with E-state index in [0.29, 0.717) is 34.8 Å². The van der Waals surface area contributed by atoms with Gasteiger partial charge in [-0.25, -0.2) is 0 Å². The Labute approximate surface area is 130 Å². The molecule has 1 aromatic rings. The summed E-state index contributed by atoms with van der Waals surface area (Å²) in [6.45, 7) is 1.30. The molecule has 1 unspecified atom stereocenters. The van der Waals surface area contributed by atoms with Crippen LogP contribution >= 0.6 is 39.7 Å². The summed E-state index contributed by atoms with van der Waals surface area (Å²) in [7, 11) is 0. The second kappa shape index (κ2) is 6.17. The van der Waals surface area contributed by atoms with Gasteiger partial charge in [0.2, 0.25) is 0 Å². The van der Waals surface area contributed by atoms with E-state index >= 15 is 0 Å². The van der Waals surface area contributed by atoms with E-state index < -0.39 is 0 Å². The number of nitrogens with two attached hydrogens (primary N) is 1. The molecule has 0 radical (unpaired) electrons. The van der Waals surface area contributed by atoms with Crippen LogP contribution in [0.3, 0.4) is 0 Å². The monoisotopic (exact) mass is 362 g/mol. The van der Waals surface area contributed by atoms with Gasteiger partial charge in [0.15, 0.2) is 0 Å². The quantitative estimate of drug-likeness (QED) is 0.819. The summed E-state index contributed by atoms with van der Waals surface area (Å²) in [6.07, 6.45) is -0.384. The van der Waals surface area contributed by atoms with Gasteiger partial charge in [-0.1, -0.05) is 23.8 Å². The molecule has 0 saturated carbocycles. The minimum atomic E-state index is -0.384. The lowest BCUT2D eigenvalue weighted by Crippen LogP contribution is -2.50. The molecule has 1 amide bonds. The van der Waals surface area contributed by atoms with Crippen LogP contribution in [0.4, 0.5) is 0 Å². The lowest BCUT2D eigenvalue weighted by molar-refractivity contribution is 0.00874. The lowest BCUT2D eigenvalue weighted by atomic mass is 10.1. The van der Waals surface area contributed by atoms with Crippen LogP contribution in [0.15, 0.2) is 22.7 Å². The number of rotatable bonds is 2. The van der Waals surface area contributed by atoms with Crippen molar-refractivity contribution in [2.75, 3.05) is 19.7 Å². The molecule has 19 heavy (non-hydrogen) atoms. The minimum absolute atomic E-state index is 0.112. The first kappa shape index (κ1) is 14.7. The van der Waals surface area contributed by atoms with E-state index in [1.807, 2.05) is 0 Å². The zero-order valence-electron chi connectivity index (χ0n) is 9.94. The highest BCUT2D eigenvalue weighted by Gasteiger charge is 2.27. The molecule has 2 N–H and O–H groups in total. The summed E-state index contributed by atoms with van der Waals surface area (Å²) < 4.78 is 6.12. The van der Waals surface area contributed by atoms with Crippen LogP contribution in [0, 0.1) is 0 Å². The highest BCUT2D eigenvalue weighted by Crippen LogP contribution is 2.23. The molecule has 1 fully saturated rings. The van der Waals surface area contributed by atoms with Crippen molar-refractivity contribution in [2.24, 2.45) is 5.73 Å². The number of hydrogen-bond donors (Lipinski definition) is 1. The number of ether oxygens (including phenoxy) is 1. The Hall–Kier alpha value is -0.690. The average molecular weight is 364 g/mol. The van der Waals surface area contributed by atoms with Gasteiger partial charge in [0.25, 0.3) is 5.91 Å². The fraction of sp³-hybridized carbons (Fsp3) is 0.333. The number of benzene rings is 1. The molecule has 0 aromatic heterocycles. The Kier molecular flexibility index (Phi) is 4.78. The molecule has 1 saturated heterocycles. The molecular weight excluding hydrogens is 352 g/mol. The second-order valence-electron chi connectivity index (χ2n) is 4.14. The van der Waals surface area contributed by atoms with Gasteiger partial charge in [0.1, 0.15) is 11.1 Å². The molecule has 7 heteroatoms. The number of carbonyl (C=O) groups excluding carboxylic acids is 1. The van der Waals surface area contributed by atoms with Gasteiger partial charge in [-0.3, -0.25) is 4.79 Å². The van der Waals surface area contributed by atoms with Crippen molar-refractivity contribution in [3.63, 3.8) is 0 Å². The summed E-state index contributed by atoms with van der Waals surface area (Å²) in [5.74, 6) is -0.112. The fourth-order valence-corrected chi connectivity index (χ4v) is 2.57. The van der Waals surface area contributed by atoms with Gasteiger partial charge < -0.3 is 15.4 Å². The van der Waals surface area contributed by atoms with Crippen molar-refractivity contribution in [1.82, 2.24) is 4.90 Å². The molecule has 4 nitrogen and oxygen atoms in total. The predicted molar refractivity (Wildman–Crippen MR) is 81.6 cm³/mol.